The number of nitrogens with one attached hydrogen (secondary N) is 2. The second-order valence-corrected chi connectivity index (χ2v) is 10.1. The second-order valence-electron chi connectivity index (χ2n) is 10.1. The Kier molecular flexibility index (Phi) is 6.50. The topological polar surface area (TPSA) is 87.3 Å². The van der Waals surface area contributed by atoms with Crippen LogP contribution < -0.4 is 10.1 Å². The van der Waals surface area contributed by atoms with Crippen LogP contribution in [0.15, 0.2) is 42.5 Å². The van der Waals surface area contributed by atoms with Crippen molar-refractivity contribution in [2.75, 3.05) is 19.7 Å². The van der Waals surface area contributed by atoms with E-state index in [1.807, 2.05) is 49.1 Å². The number of aromatic amines is 1. The molecule has 3 aromatic rings. The van der Waals surface area contributed by atoms with Crippen molar-refractivity contribution in [3.63, 3.8) is 0 Å². The lowest BCUT2D eigenvalue weighted by Gasteiger charge is -2.41. The molecular weight excluding hydrogens is 440 g/mol. The van der Waals surface area contributed by atoms with Gasteiger partial charge in [-0.05, 0) is 75.8 Å². The summed E-state index contributed by atoms with van der Waals surface area (Å²) >= 11 is 0. The van der Waals surface area contributed by atoms with Gasteiger partial charge in [0.25, 0.3) is 5.91 Å². The molecule has 3 heterocycles. The average molecular weight is 475 g/mol. The standard InChI is InChI=1S/C28H34N4O3/c1-19-18-35-25-9-4-3-7-21(25)8-5-6-12-28(27(34)29-19)13-15-32(16-14-28)26(33)22-10-11-23-24(17-22)31-20(2)30-23/h3-4,7,9-11,17,19H,5-6,8,12-16,18H2,1-2H3,(H,29,34)(H,30,31)/t19-/m1/s1. The van der Waals surface area contributed by atoms with E-state index in [4.69, 9.17) is 4.74 Å². The molecule has 7 heteroatoms. The summed E-state index contributed by atoms with van der Waals surface area (Å²) < 4.78 is 6.05. The first-order valence-electron chi connectivity index (χ1n) is 12.7. The minimum Gasteiger partial charge on any atom is -0.491 e. The summed E-state index contributed by atoms with van der Waals surface area (Å²) in [6.07, 6.45) is 5.13. The highest BCUT2D eigenvalue weighted by Crippen LogP contribution is 2.38. The lowest BCUT2D eigenvalue weighted by atomic mass is 9.73. The minimum atomic E-state index is -0.436. The van der Waals surface area contributed by atoms with Gasteiger partial charge in [0, 0.05) is 18.7 Å². The molecular formula is C28H34N4O3. The molecule has 0 unspecified atom stereocenters. The molecule has 0 radical (unpaired) electrons. The fraction of sp³-hybridized carbons (Fsp3) is 0.464. The molecule has 2 aliphatic rings. The minimum absolute atomic E-state index is 0.0148. The number of hydrogen-bond donors (Lipinski definition) is 2. The number of aryl methyl sites for hydroxylation is 2. The number of carbonyl (C=O) groups is 2. The molecule has 5 rings (SSSR count). The van der Waals surface area contributed by atoms with E-state index in [2.05, 4.69) is 27.4 Å². The van der Waals surface area contributed by atoms with Crippen molar-refractivity contribution in [2.45, 2.75) is 58.4 Å². The molecule has 2 N–H and O–H groups in total. The van der Waals surface area contributed by atoms with E-state index in [1.165, 1.54) is 5.56 Å². The number of hydrogen-bond acceptors (Lipinski definition) is 4. The Balaban J connectivity index is 1.28. The number of amides is 2. The van der Waals surface area contributed by atoms with Crippen LogP contribution in [-0.4, -0.2) is 52.4 Å². The van der Waals surface area contributed by atoms with Gasteiger partial charge in [0.15, 0.2) is 0 Å². The van der Waals surface area contributed by atoms with E-state index in [0.29, 0.717) is 38.1 Å². The third-order valence-corrected chi connectivity index (χ3v) is 7.53. The summed E-state index contributed by atoms with van der Waals surface area (Å²) in [5.41, 5.74) is 3.18. The number of carbonyl (C=O) groups excluding carboxylic acids is 2. The fourth-order valence-electron chi connectivity index (χ4n) is 5.44. The van der Waals surface area contributed by atoms with Gasteiger partial charge in [-0.3, -0.25) is 9.59 Å². The van der Waals surface area contributed by atoms with Gasteiger partial charge < -0.3 is 19.9 Å². The number of rotatable bonds is 1. The Hall–Kier alpha value is -3.35. The summed E-state index contributed by atoms with van der Waals surface area (Å²) in [6, 6.07) is 13.7. The highest BCUT2D eigenvalue weighted by atomic mass is 16.5. The van der Waals surface area contributed by atoms with Crippen molar-refractivity contribution in [3.8, 4) is 5.75 Å². The van der Waals surface area contributed by atoms with E-state index in [0.717, 1.165) is 48.3 Å². The van der Waals surface area contributed by atoms with Crippen molar-refractivity contribution < 1.29 is 14.3 Å². The third-order valence-electron chi connectivity index (χ3n) is 7.53. The van der Waals surface area contributed by atoms with Gasteiger partial charge in [-0.15, -0.1) is 0 Å². The van der Waals surface area contributed by atoms with Crippen molar-refractivity contribution in [1.82, 2.24) is 20.2 Å². The first-order valence-corrected chi connectivity index (χ1v) is 12.7. The predicted molar refractivity (Wildman–Crippen MR) is 135 cm³/mol. The second kappa shape index (κ2) is 9.72. The van der Waals surface area contributed by atoms with Gasteiger partial charge in [0.1, 0.15) is 18.2 Å². The van der Waals surface area contributed by atoms with E-state index >= 15 is 0 Å². The van der Waals surface area contributed by atoms with Crippen molar-refractivity contribution in [1.29, 1.82) is 0 Å². The monoisotopic (exact) mass is 474 g/mol. The van der Waals surface area contributed by atoms with Crippen LogP contribution in [0.5, 0.6) is 5.75 Å². The smallest absolute Gasteiger partial charge is 0.253 e. The van der Waals surface area contributed by atoms with Crippen molar-refractivity contribution in [2.24, 2.45) is 5.41 Å². The van der Waals surface area contributed by atoms with Crippen LogP contribution >= 0.6 is 0 Å². The van der Waals surface area contributed by atoms with Crippen LogP contribution in [0, 0.1) is 12.3 Å². The molecule has 7 nitrogen and oxygen atoms in total. The fourth-order valence-corrected chi connectivity index (χ4v) is 5.44. The molecule has 1 atom stereocenters. The normalized spacial score (nSPS) is 20.9. The zero-order chi connectivity index (χ0) is 24.4. The molecule has 184 valence electrons. The number of fused-ring (bicyclic) bond motifs is 2. The molecule has 2 aromatic carbocycles. The first-order chi connectivity index (χ1) is 16.9. The van der Waals surface area contributed by atoms with E-state index < -0.39 is 5.41 Å². The maximum atomic E-state index is 13.5. The number of para-hydroxylation sites is 1. The highest BCUT2D eigenvalue weighted by molar-refractivity contribution is 5.97. The van der Waals surface area contributed by atoms with Crippen molar-refractivity contribution >= 4 is 22.8 Å². The Bertz CT molecular complexity index is 1230. The van der Waals surface area contributed by atoms with E-state index in [9.17, 15) is 9.59 Å². The highest BCUT2D eigenvalue weighted by Gasteiger charge is 2.42. The van der Waals surface area contributed by atoms with Crippen LogP contribution in [0.2, 0.25) is 0 Å². The van der Waals surface area contributed by atoms with Gasteiger partial charge in [-0.2, -0.15) is 0 Å². The lowest BCUT2D eigenvalue weighted by Crippen LogP contribution is -2.52. The summed E-state index contributed by atoms with van der Waals surface area (Å²) in [6.45, 7) is 5.51. The summed E-state index contributed by atoms with van der Waals surface area (Å²) in [4.78, 5) is 36.2. The maximum absolute atomic E-state index is 13.5. The summed E-state index contributed by atoms with van der Waals surface area (Å²) in [7, 11) is 0. The molecule has 1 fully saturated rings. The summed E-state index contributed by atoms with van der Waals surface area (Å²) in [5, 5.41) is 3.21. The SMILES string of the molecule is Cc1nc2ccc(C(=O)N3CCC4(CCCCc5ccccc5OC[C@@H](C)NC4=O)CC3)cc2[nH]1. The maximum Gasteiger partial charge on any atom is 0.253 e. The van der Waals surface area contributed by atoms with Crippen LogP contribution in [0.25, 0.3) is 11.0 Å². The van der Waals surface area contributed by atoms with Gasteiger partial charge in [0.2, 0.25) is 5.91 Å². The Labute approximate surface area is 206 Å². The zero-order valence-corrected chi connectivity index (χ0v) is 20.6. The number of aromatic nitrogens is 2. The van der Waals surface area contributed by atoms with Gasteiger partial charge in [-0.25, -0.2) is 4.98 Å². The average Bonchev–Trinajstić information content (AvgIpc) is 3.24. The van der Waals surface area contributed by atoms with Gasteiger partial charge >= 0.3 is 0 Å². The summed E-state index contributed by atoms with van der Waals surface area (Å²) in [5.74, 6) is 1.87. The lowest BCUT2D eigenvalue weighted by molar-refractivity contribution is -0.135. The van der Waals surface area contributed by atoms with Gasteiger partial charge in [0.05, 0.1) is 22.5 Å². The molecule has 2 amide bonds. The third kappa shape index (κ3) is 4.90. The predicted octanol–water partition coefficient (Wildman–Crippen LogP) is 4.40. The number of ether oxygens (including phenoxy) is 1. The van der Waals surface area contributed by atoms with Crippen LogP contribution in [0.1, 0.15) is 60.8 Å². The number of H-pyrrole nitrogens is 1. The largest absolute Gasteiger partial charge is 0.491 e. The van der Waals surface area contributed by atoms with Crippen LogP contribution in [0.3, 0.4) is 0 Å². The Morgan fingerprint density at radius 2 is 1.91 bits per heavy atom. The Morgan fingerprint density at radius 1 is 1.11 bits per heavy atom. The quantitative estimate of drug-likeness (QED) is 0.547. The number of imidazole rings is 1. The zero-order valence-electron chi connectivity index (χ0n) is 20.6. The molecule has 1 saturated heterocycles. The van der Waals surface area contributed by atoms with E-state index in [-0.39, 0.29) is 17.9 Å². The molecule has 2 aliphatic heterocycles. The first kappa shape index (κ1) is 23.4. The van der Waals surface area contributed by atoms with Gasteiger partial charge in [-0.1, -0.05) is 24.6 Å². The molecule has 1 aromatic heterocycles. The van der Waals surface area contributed by atoms with Crippen LogP contribution in [0.4, 0.5) is 0 Å². The van der Waals surface area contributed by atoms with E-state index in [1.54, 1.807) is 0 Å². The Morgan fingerprint density at radius 3 is 2.74 bits per heavy atom. The van der Waals surface area contributed by atoms with Crippen molar-refractivity contribution in [3.05, 3.63) is 59.4 Å². The van der Waals surface area contributed by atoms with Crippen LogP contribution in [-0.2, 0) is 11.2 Å². The molecule has 35 heavy (non-hydrogen) atoms. The molecule has 1 spiro atoms. The number of likely N-dealkylation sites (tertiary alicyclic amines) is 1. The molecule has 0 aliphatic carbocycles. The molecule has 0 bridgehead atoms. The number of piperidine rings is 1. The number of nitrogens with zero attached hydrogens (tertiary/aromatic N) is 2. The molecule has 0 saturated carbocycles. The number of benzene rings is 2.